The average Bonchev–Trinajstić information content (AvgIpc) is 2.80. The van der Waals surface area contributed by atoms with Crippen LogP contribution in [0.3, 0.4) is 0 Å². The van der Waals surface area contributed by atoms with E-state index in [-0.39, 0.29) is 0 Å². The highest BCUT2D eigenvalue weighted by Gasteiger charge is 2.09. The molecule has 0 atom stereocenters. The molecule has 5 rings (SSSR count). The molecule has 5 aromatic rings. The van der Waals surface area contributed by atoms with Crippen molar-refractivity contribution in [1.82, 2.24) is 9.97 Å². The first-order valence-corrected chi connectivity index (χ1v) is 9.70. The maximum atomic E-state index is 12.3. The molecule has 0 radical (unpaired) electrons. The van der Waals surface area contributed by atoms with Crippen molar-refractivity contribution in [3.8, 4) is 33.4 Å². The predicted octanol–water partition coefficient (Wildman–Crippen LogP) is 5.22. The number of benzene rings is 4. The summed E-state index contributed by atoms with van der Waals surface area (Å²) in [5, 5.41) is 0.457. The van der Waals surface area contributed by atoms with Gasteiger partial charge in [-0.3, -0.25) is 9.78 Å². The van der Waals surface area contributed by atoms with Gasteiger partial charge in [-0.2, -0.15) is 0 Å². The van der Waals surface area contributed by atoms with Crippen LogP contribution in [0, 0.1) is 0 Å². The maximum Gasteiger partial charge on any atom is 0.326 e. The summed E-state index contributed by atoms with van der Waals surface area (Å²) in [5.74, 6) is 0. The van der Waals surface area contributed by atoms with E-state index in [0.717, 1.165) is 33.4 Å². The highest BCUT2D eigenvalue weighted by atomic mass is 16.2. The van der Waals surface area contributed by atoms with Gasteiger partial charge in [0.05, 0.1) is 10.9 Å². The Labute approximate surface area is 172 Å². The summed E-state index contributed by atoms with van der Waals surface area (Å²) in [4.78, 5) is 28.8. The van der Waals surface area contributed by atoms with Crippen LogP contribution in [-0.2, 0) is 0 Å². The highest BCUT2D eigenvalue weighted by molar-refractivity contribution is 5.87. The van der Waals surface area contributed by atoms with Crippen LogP contribution >= 0.6 is 0 Å². The van der Waals surface area contributed by atoms with Crippen molar-refractivity contribution >= 4 is 10.9 Å². The normalized spacial score (nSPS) is 10.9. The predicted molar refractivity (Wildman–Crippen MR) is 121 cm³/mol. The number of aromatic amines is 2. The molecule has 0 aliphatic rings. The molecule has 0 bridgehead atoms. The molecular formula is C26H18N2O2. The fraction of sp³-hybridized carbons (Fsp3) is 0. The summed E-state index contributed by atoms with van der Waals surface area (Å²) < 4.78 is 0. The molecule has 0 unspecified atom stereocenters. The quantitative estimate of drug-likeness (QED) is 0.444. The van der Waals surface area contributed by atoms with Gasteiger partial charge in [-0.1, -0.05) is 66.7 Å². The SMILES string of the molecule is O=c1[nH]c(=O)c2cc(-c3cc(-c4ccccc4)cc(-c4ccccc4)c3)ccc2[nH]1. The van der Waals surface area contributed by atoms with Gasteiger partial charge in [-0.25, -0.2) is 4.79 Å². The van der Waals surface area contributed by atoms with Gasteiger partial charge in [0.1, 0.15) is 0 Å². The van der Waals surface area contributed by atoms with Crippen LogP contribution in [0.15, 0.2) is 107 Å². The molecule has 1 aromatic heterocycles. The van der Waals surface area contributed by atoms with Crippen LogP contribution in [0.2, 0.25) is 0 Å². The number of H-pyrrole nitrogens is 2. The van der Waals surface area contributed by atoms with Crippen molar-refractivity contribution in [1.29, 1.82) is 0 Å². The minimum absolute atomic E-state index is 0.391. The third kappa shape index (κ3) is 3.35. The van der Waals surface area contributed by atoms with E-state index in [1.807, 2.05) is 48.5 Å². The van der Waals surface area contributed by atoms with Crippen molar-refractivity contribution in [2.45, 2.75) is 0 Å². The van der Waals surface area contributed by atoms with Crippen LogP contribution in [0.1, 0.15) is 0 Å². The first kappa shape index (κ1) is 17.9. The lowest BCUT2D eigenvalue weighted by Crippen LogP contribution is -2.21. The van der Waals surface area contributed by atoms with Gasteiger partial charge in [0.25, 0.3) is 5.56 Å². The van der Waals surface area contributed by atoms with Crippen molar-refractivity contribution in [3.05, 3.63) is 118 Å². The van der Waals surface area contributed by atoms with Crippen molar-refractivity contribution in [3.63, 3.8) is 0 Å². The molecule has 0 aliphatic carbocycles. The summed E-state index contributed by atoms with van der Waals surface area (Å²) in [5.41, 5.74) is 5.99. The number of hydrogen-bond donors (Lipinski definition) is 2. The van der Waals surface area contributed by atoms with Crippen molar-refractivity contribution in [2.75, 3.05) is 0 Å². The summed E-state index contributed by atoms with van der Waals surface area (Å²) >= 11 is 0. The van der Waals surface area contributed by atoms with Crippen LogP contribution in [0.5, 0.6) is 0 Å². The number of hydrogen-bond acceptors (Lipinski definition) is 2. The molecular weight excluding hydrogens is 372 g/mol. The number of nitrogens with one attached hydrogen (secondary N) is 2. The summed E-state index contributed by atoms with van der Waals surface area (Å²) in [7, 11) is 0. The Morgan fingerprint density at radius 1 is 0.467 bits per heavy atom. The molecule has 4 heteroatoms. The summed E-state index contributed by atoms with van der Waals surface area (Å²) in [6, 6.07) is 32.4. The van der Waals surface area contributed by atoms with Gasteiger partial charge in [0.2, 0.25) is 0 Å². The van der Waals surface area contributed by atoms with E-state index in [9.17, 15) is 9.59 Å². The molecule has 30 heavy (non-hydrogen) atoms. The summed E-state index contributed by atoms with van der Waals surface area (Å²) in [6.07, 6.45) is 0. The lowest BCUT2D eigenvalue weighted by Gasteiger charge is -2.12. The van der Waals surface area contributed by atoms with Crippen LogP contribution < -0.4 is 11.2 Å². The minimum atomic E-state index is -0.502. The Morgan fingerprint density at radius 2 is 1.00 bits per heavy atom. The molecule has 0 saturated carbocycles. The smallest absolute Gasteiger partial charge is 0.307 e. The highest BCUT2D eigenvalue weighted by Crippen LogP contribution is 2.33. The molecule has 0 aliphatic heterocycles. The topological polar surface area (TPSA) is 65.7 Å². The second-order valence-corrected chi connectivity index (χ2v) is 7.20. The molecule has 0 saturated heterocycles. The summed E-state index contributed by atoms with van der Waals surface area (Å²) in [6.45, 7) is 0. The fourth-order valence-electron chi connectivity index (χ4n) is 3.73. The van der Waals surface area contributed by atoms with Gasteiger partial charge in [0.15, 0.2) is 0 Å². The zero-order chi connectivity index (χ0) is 20.5. The Balaban J connectivity index is 1.74. The van der Waals surface area contributed by atoms with E-state index in [2.05, 4.69) is 52.4 Å². The molecule has 4 aromatic carbocycles. The van der Waals surface area contributed by atoms with E-state index < -0.39 is 11.2 Å². The second kappa shape index (κ2) is 7.33. The fourth-order valence-corrected chi connectivity index (χ4v) is 3.73. The molecule has 4 nitrogen and oxygen atoms in total. The second-order valence-electron chi connectivity index (χ2n) is 7.20. The van der Waals surface area contributed by atoms with Crippen molar-refractivity contribution < 1.29 is 0 Å². The van der Waals surface area contributed by atoms with Gasteiger partial charge in [-0.05, 0) is 63.7 Å². The van der Waals surface area contributed by atoms with Gasteiger partial charge >= 0.3 is 5.69 Å². The van der Waals surface area contributed by atoms with E-state index in [4.69, 9.17) is 0 Å². The average molecular weight is 390 g/mol. The van der Waals surface area contributed by atoms with Crippen molar-refractivity contribution in [2.24, 2.45) is 0 Å². The van der Waals surface area contributed by atoms with E-state index in [1.165, 1.54) is 0 Å². The zero-order valence-electron chi connectivity index (χ0n) is 16.1. The Hall–Kier alpha value is -4.18. The van der Waals surface area contributed by atoms with E-state index >= 15 is 0 Å². The minimum Gasteiger partial charge on any atom is -0.307 e. The van der Waals surface area contributed by atoms with Crippen LogP contribution in [-0.4, -0.2) is 9.97 Å². The third-order valence-corrected chi connectivity index (χ3v) is 5.22. The molecule has 0 fully saturated rings. The molecule has 2 N–H and O–H groups in total. The standard InChI is InChI=1S/C26H18N2O2/c29-25-23-16-19(11-12-24(23)27-26(30)28-25)22-14-20(17-7-3-1-4-8-17)13-21(15-22)18-9-5-2-6-10-18/h1-16H,(H2,27,28,29,30). The molecule has 0 spiro atoms. The Kier molecular flexibility index (Phi) is 4.37. The Morgan fingerprint density at radius 3 is 1.57 bits per heavy atom. The monoisotopic (exact) mass is 390 g/mol. The largest absolute Gasteiger partial charge is 0.326 e. The lowest BCUT2D eigenvalue weighted by molar-refractivity contribution is 1.08. The lowest BCUT2D eigenvalue weighted by atomic mass is 9.93. The zero-order valence-corrected chi connectivity index (χ0v) is 16.1. The molecule has 1 heterocycles. The first-order valence-electron chi connectivity index (χ1n) is 9.70. The van der Waals surface area contributed by atoms with E-state index in [0.29, 0.717) is 10.9 Å². The van der Waals surface area contributed by atoms with Crippen LogP contribution in [0.25, 0.3) is 44.3 Å². The van der Waals surface area contributed by atoms with E-state index in [1.54, 1.807) is 6.07 Å². The number of aromatic nitrogens is 2. The Bertz CT molecular complexity index is 1410. The molecule has 0 amide bonds. The van der Waals surface area contributed by atoms with Gasteiger partial charge in [0, 0.05) is 0 Å². The number of fused-ring (bicyclic) bond motifs is 1. The van der Waals surface area contributed by atoms with Gasteiger partial charge in [-0.15, -0.1) is 0 Å². The molecule has 144 valence electrons. The third-order valence-electron chi connectivity index (χ3n) is 5.22. The van der Waals surface area contributed by atoms with Gasteiger partial charge < -0.3 is 4.98 Å². The number of rotatable bonds is 3. The first-order chi connectivity index (χ1) is 14.7. The van der Waals surface area contributed by atoms with Crippen LogP contribution in [0.4, 0.5) is 0 Å². The maximum absolute atomic E-state index is 12.3.